The van der Waals surface area contributed by atoms with Gasteiger partial charge in [-0.3, -0.25) is 0 Å². The van der Waals surface area contributed by atoms with E-state index in [9.17, 15) is 0 Å². The molecule has 0 aliphatic heterocycles. The first-order valence-corrected chi connectivity index (χ1v) is 6.33. The van der Waals surface area contributed by atoms with Crippen molar-refractivity contribution in [3.8, 4) is 0 Å². The Labute approximate surface area is 108 Å². The highest BCUT2D eigenvalue weighted by atomic mass is 32.2. The Morgan fingerprint density at radius 2 is 2.33 bits per heavy atom. The van der Waals surface area contributed by atoms with Crippen molar-refractivity contribution in [1.82, 2.24) is 14.4 Å². The summed E-state index contributed by atoms with van der Waals surface area (Å²) in [6.45, 7) is 1.94. The summed E-state index contributed by atoms with van der Waals surface area (Å²) in [6, 6.07) is 1.94. The van der Waals surface area contributed by atoms with Crippen LogP contribution in [0.4, 0.5) is 5.82 Å². The summed E-state index contributed by atoms with van der Waals surface area (Å²) in [6.07, 6.45) is 7.27. The lowest BCUT2D eigenvalue weighted by Crippen LogP contribution is -1.98. The van der Waals surface area contributed by atoms with Crippen LogP contribution in [-0.2, 0) is 0 Å². The van der Waals surface area contributed by atoms with Gasteiger partial charge in [0.2, 0.25) is 0 Å². The molecule has 0 aromatic carbocycles. The molecule has 0 fully saturated rings. The molecule has 18 heavy (non-hydrogen) atoms. The number of furan rings is 1. The van der Waals surface area contributed by atoms with Gasteiger partial charge in [-0.1, -0.05) is 11.8 Å². The number of aromatic nitrogens is 3. The maximum Gasteiger partial charge on any atom is 0.170 e. The molecule has 0 saturated carbocycles. The van der Waals surface area contributed by atoms with Crippen molar-refractivity contribution in [2.45, 2.75) is 16.8 Å². The van der Waals surface area contributed by atoms with E-state index in [0.29, 0.717) is 0 Å². The fourth-order valence-corrected chi connectivity index (χ4v) is 2.59. The average molecular weight is 260 g/mol. The van der Waals surface area contributed by atoms with Gasteiger partial charge in [-0.25, -0.2) is 9.97 Å². The minimum Gasteiger partial charge on any atom is -0.468 e. The van der Waals surface area contributed by atoms with Gasteiger partial charge >= 0.3 is 0 Å². The Kier molecular flexibility index (Phi) is 2.71. The Morgan fingerprint density at radius 3 is 3.06 bits per heavy atom. The third kappa shape index (κ3) is 1.84. The summed E-state index contributed by atoms with van der Waals surface area (Å²) >= 11 is 1.56. The lowest BCUT2D eigenvalue weighted by Gasteiger charge is -2.05. The van der Waals surface area contributed by atoms with E-state index in [-0.39, 0.29) is 0 Å². The van der Waals surface area contributed by atoms with Crippen molar-refractivity contribution in [1.29, 1.82) is 0 Å². The molecule has 3 heterocycles. The van der Waals surface area contributed by atoms with E-state index < -0.39 is 0 Å². The molecule has 0 aliphatic carbocycles. The highest BCUT2D eigenvalue weighted by Gasteiger charge is 2.11. The lowest BCUT2D eigenvalue weighted by atomic mass is 10.5. The summed E-state index contributed by atoms with van der Waals surface area (Å²) in [5, 5.41) is 3.90. The zero-order valence-electron chi connectivity index (χ0n) is 10.0. The minimum absolute atomic E-state index is 0.809. The molecular formula is C12H12N4OS. The van der Waals surface area contributed by atoms with Gasteiger partial charge in [-0.05, 0) is 13.0 Å². The molecule has 0 saturated heterocycles. The largest absolute Gasteiger partial charge is 0.468 e. The van der Waals surface area contributed by atoms with Gasteiger partial charge < -0.3 is 14.1 Å². The van der Waals surface area contributed by atoms with E-state index >= 15 is 0 Å². The third-order valence-corrected chi connectivity index (χ3v) is 3.73. The number of nitrogens with one attached hydrogen (secondary N) is 1. The smallest absolute Gasteiger partial charge is 0.170 e. The molecule has 0 radical (unpaired) electrons. The van der Waals surface area contributed by atoms with Crippen molar-refractivity contribution in [3.05, 3.63) is 36.7 Å². The van der Waals surface area contributed by atoms with Gasteiger partial charge in [0, 0.05) is 19.4 Å². The Balaban J connectivity index is 2.10. The Morgan fingerprint density at radius 1 is 1.44 bits per heavy atom. The van der Waals surface area contributed by atoms with Gasteiger partial charge in [-0.2, -0.15) is 0 Å². The Bertz CT molecular complexity index is 688. The minimum atomic E-state index is 0.809. The van der Waals surface area contributed by atoms with Crippen LogP contribution in [0.2, 0.25) is 0 Å². The number of rotatable bonds is 3. The molecule has 0 spiro atoms. The molecule has 0 unspecified atom stereocenters. The normalized spacial score (nSPS) is 11.0. The van der Waals surface area contributed by atoms with Crippen LogP contribution in [0.5, 0.6) is 0 Å². The molecule has 3 aromatic rings. The topological polar surface area (TPSA) is 55.4 Å². The second-order valence-electron chi connectivity index (χ2n) is 3.78. The summed E-state index contributed by atoms with van der Waals surface area (Å²) in [7, 11) is 1.85. The van der Waals surface area contributed by atoms with Crippen LogP contribution in [0, 0.1) is 6.92 Å². The number of hydrogen-bond donors (Lipinski definition) is 1. The molecule has 92 valence electrons. The molecular weight excluding hydrogens is 248 g/mol. The monoisotopic (exact) mass is 260 g/mol. The van der Waals surface area contributed by atoms with Crippen molar-refractivity contribution in [2.24, 2.45) is 0 Å². The van der Waals surface area contributed by atoms with Crippen molar-refractivity contribution < 1.29 is 4.42 Å². The number of anilines is 1. The average Bonchev–Trinajstić information content (AvgIpc) is 2.98. The van der Waals surface area contributed by atoms with Crippen molar-refractivity contribution in [2.75, 3.05) is 12.4 Å². The Hall–Kier alpha value is -1.95. The van der Waals surface area contributed by atoms with E-state index in [4.69, 9.17) is 4.42 Å². The molecule has 1 N–H and O–H groups in total. The number of nitrogens with zero attached hydrogens (tertiary/aromatic N) is 3. The van der Waals surface area contributed by atoms with E-state index in [2.05, 4.69) is 15.3 Å². The molecule has 0 bridgehead atoms. The molecule has 5 nitrogen and oxygen atoms in total. The second-order valence-corrected chi connectivity index (χ2v) is 4.81. The van der Waals surface area contributed by atoms with Gasteiger partial charge in [-0.15, -0.1) is 0 Å². The molecule has 6 heteroatoms. The van der Waals surface area contributed by atoms with Gasteiger partial charge in [0.05, 0.1) is 17.4 Å². The van der Waals surface area contributed by atoms with E-state index in [1.165, 1.54) is 0 Å². The predicted octanol–water partition coefficient (Wildman–Crippen LogP) is 2.82. The summed E-state index contributed by atoms with van der Waals surface area (Å²) in [5.41, 5.74) is 0.847. The maximum atomic E-state index is 5.30. The predicted molar refractivity (Wildman–Crippen MR) is 70.1 cm³/mol. The quantitative estimate of drug-likeness (QED) is 0.784. The SMILES string of the molecule is CNc1cn2ccnc2c(Sc2ccoc2C)n1. The van der Waals surface area contributed by atoms with Crippen LogP contribution in [0.25, 0.3) is 5.65 Å². The van der Waals surface area contributed by atoms with Gasteiger partial charge in [0.1, 0.15) is 16.6 Å². The zero-order valence-corrected chi connectivity index (χ0v) is 10.9. The van der Waals surface area contributed by atoms with Crippen molar-refractivity contribution >= 4 is 23.2 Å². The molecule has 3 aromatic heterocycles. The van der Waals surface area contributed by atoms with Gasteiger partial charge in [0.15, 0.2) is 5.65 Å². The first kappa shape index (κ1) is 11.2. The van der Waals surface area contributed by atoms with E-state index in [1.54, 1.807) is 24.2 Å². The molecule has 0 amide bonds. The first-order valence-electron chi connectivity index (χ1n) is 5.51. The van der Waals surface area contributed by atoms with E-state index in [0.717, 1.165) is 27.1 Å². The fourth-order valence-electron chi connectivity index (χ4n) is 1.68. The van der Waals surface area contributed by atoms with Crippen molar-refractivity contribution in [3.63, 3.8) is 0 Å². The lowest BCUT2D eigenvalue weighted by molar-refractivity contribution is 0.527. The van der Waals surface area contributed by atoms with Crippen LogP contribution >= 0.6 is 11.8 Å². The first-order chi connectivity index (χ1) is 8.78. The van der Waals surface area contributed by atoms with Crippen LogP contribution < -0.4 is 5.32 Å². The van der Waals surface area contributed by atoms with Gasteiger partial charge in [0.25, 0.3) is 0 Å². The number of fused-ring (bicyclic) bond motifs is 1. The van der Waals surface area contributed by atoms with Crippen LogP contribution in [0.3, 0.4) is 0 Å². The second kappa shape index (κ2) is 4.38. The standard InChI is InChI=1S/C12H12N4OS/c1-8-9(3-6-17-8)18-12-11-14-4-5-16(11)7-10(13-2)15-12/h3-7,13H,1-2H3. The van der Waals surface area contributed by atoms with E-state index in [1.807, 2.05) is 36.8 Å². The highest BCUT2D eigenvalue weighted by molar-refractivity contribution is 7.99. The van der Waals surface area contributed by atoms with Crippen LogP contribution in [0.15, 0.2) is 45.3 Å². The number of aryl methyl sites for hydroxylation is 1. The molecule has 3 rings (SSSR count). The third-order valence-electron chi connectivity index (χ3n) is 2.62. The molecule has 0 aliphatic rings. The summed E-state index contributed by atoms with van der Waals surface area (Å²) in [5.74, 6) is 1.70. The fraction of sp³-hybridized carbons (Fsp3) is 0.167. The van der Waals surface area contributed by atoms with Crippen LogP contribution in [0.1, 0.15) is 5.76 Å². The summed E-state index contributed by atoms with van der Waals surface area (Å²) < 4.78 is 7.25. The zero-order chi connectivity index (χ0) is 12.5. The highest BCUT2D eigenvalue weighted by Crippen LogP contribution is 2.32. The molecule has 0 atom stereocenters. The summed E-state index contributed by atoms with van der Waals surface area (Å²) in [4.78, 5) is 9.92. The number of hydrogen-bond acceptors (Lipinski definition) is 5. The maximum absolute atomic E-state index is 5.30. The number of imidazole rings is 1. The van der Waals surface area contributed by atoms with Crippen LogP contribution in [-0.4, -0.2) is 21.4 Å².